The molecule has 8 heteroatoms. The highest BCUT2D eigenvalue weighted by Crippen LogP contribution is 2.47. The number of nitrogens with one attached hydrogen (secondary N) is 1. The lowest BCUT2D eigenvalue weighted by molar-refractivity contribution is 0.390. The first kappa shape index (κ1) is 14.2. The normalized spacial score (nSPS) is 21.9. The van der Waals surface area contributed by atoms with Gasteiger partial charge in [0.2, 0.25) is 10.0 Å². The van der Waals surface area contributed by atoms with Crippen LogP contribution >= 0.6 is 0 Å². The van der Waals surface area contributed by atoms with Crippen LogP contribution in [-0.2, 0) is 16.6 Å². The first-order valence-corrected chi connectivity index (χ1v) is 8.17. The molecule has 2 aromatic heterocycles. The number of aromatic nitrogens is 2. The van der Waals surface area contributed by atoms with Gasteiger partial charge >= 0.3 is 0 Å². The van der Waals surface area contributed by atoms with Crippen molar-refractivity contribution in [2.45, 2.75) is 30.7 Å². The summed E-state index contributed by atoms with van der Waals surface area (Å²) in [6, 6.07) is 3.75. The molecule has 2 aromatic rings. The molecule has 0 spiro atoms. The molecule has 0 saturated heterocycles. The Morgan fingerprint density at radius 2 is 2.24 bits per heavy atom. The van der Waals surface area contributed by atoms with Crippen molar-refractivity contribution >= 4 is 15.8 Å². The third-order valence-electron chi connectivity index (χ3n) is 3.86. The molecule has 2 atom stereocenters. The third-order valence-corrected chi connectivity index (χ3v) is 5.69. The van der Waals surface area contributed by atoms with Gasteiger partial charge in [-0.05, 0) is 24.5 Å². The van der Waals surface area contributed by atoms with E-state index in [4.69, 9.17) is 10.2 Å². The van der Waals surface area contributed by atoms with Crippen LogP contribution in [0.1, 0.15) is 30.8 Å². The minimum absolute atomic E-state index is 0.0207. The van der Waals surface area contributed by atoms with Crippen molar-refractivity contribution in [2.75, 3.05) is 12.8 Å². The number of nitrogens with zero attached hydrogens (tertiary/aromatic N) is 2. The standard InChI is InChI=1S/C13H18N4O3S/c1-8-5-10(8)11-4-3-9(20-11)7-17(2)21(18,19)12-6-15-16-13(12)14/h3-4,6,8,10H,5,7H2,1-2H3,(H3,14,15,16). The fraction of sp³-hybridized carbons (Fsp3) is 0.462. The molecule has 114 valence electrons. The average Bonchev–Trinajstić information content (AvgIpc) is 2.83. The molecule has 1 fully saturated rings. The van der Waals surface area contributed by atoms with Crippen LogP contribution in [0.25, 0.3) is 0 Å². The van der Waals surface area contributed by atoms with E-state index in [0.717, 1.165) is 12.2 Å². The summed E-state index contributed by atoms with van der Waals surface area (Å²) in [6.07, 6.45) is 2.34. The van der Waals surface area contributed by atoms with Crippen molar-refractivity contribution in [3.8, 4) is 0 Å². The van der Waals surface area contributed by atoms with Gasteiger partial charge in [0.05, 0.1) is 12.7 Å². The Hall–Kier alpha value is -1.80. The van der Waals surface area contributed by atoms with E-state index in [1.165, 1.54) is 17.5 Å². The molecule has 0 aliphatic heterocycles. The van der Waals surface area contributed by atoms with Gasteiger partial charge in [0, 0.05) is 13.0 Å². The monoisotopic (exact) mass is 310 g/mol. The SMILES string of the molecule is CC1CC1c1ccc(CN(C)S(=O)(=O)c2cn[nH]c2N)o1. The number of furan rings is 1. The smallest absolute Gasteiger partial charge is 0.248 e. The minimum Gasteiger partial charge on any atom is -0.464 e. The Morgan fingerprint density at radius 3 is 2.81 bits per heavy atom. The number of hydrogen-bond donors (Lipinski definition) is 2. The Balaban J connectivity index is 1.75. The maximum atomic E-state index is 12.4. The van der Waals surface area contributed by atoms with Crippen molar-refractivity contribution in [2.24, 2.45) is 5.92 Å². The number of rotatable bonds is 5. The van der Waals surface area contributed by atoms with Crippen molar-refractivity contribution in [3.05, 3.63) is 29.9 Å². The van der Waals surface area contributed by atoms with Crippen LogP contribution < -0.4 is 5.73 Å². The third kappa shape index (κ3) is 2.56. The lowest BCUT2D eigenvalue weighted by Crippen LogP contribution is -2.26. The average molecular weight is 310 g/mol. The summed E-state index contributed by atoms with van der Waals surface area (Å²) < 4.78 is 31.7. The van der Waals surface area contributed by atoms with E-state index < -0.39 is 10.0 Å². The van der Waals surface area contributed by atoms with Crippen molar-refractivity contribution in [1.82, 2.24) is 14.5 Å². The highest BCUT2D eigenvalue weighted by Gasteiger charge is 2.36. The molecule has 3 N–H and O–H groups in total. The molecule has 0 radical (unpaired) electrons. The van der Waals surface area contributed by atoms with E-state index >= 15 is 0 Å². The summed E-state index contributed by atoms with van der Waals surface area (Å²) >= 11 is 0. The van der Waals surface area contributed by atoms with E-state index in [1.807, 2.05) is 12.1 Å². The Bertz CT molecular complexity index is 749. The predicted molar refractivity (Wildman–Crippen MR) is 76.9 cm³/mol. The summed E-state index contributed by atoms with van der Waals surface area (Å²) in [5, 5.41) is 6.07. The highest BCUT2D eigenvalue weighted by molar-refractivity contribution is 7.89. The first-order valence-electron chi connectivity index (χ1n) is 6.73. The number of anilines is 1. The summed E-state index contributed by atoms with van der Waals surface area (Å²) in [5.41, 5.74) is 5.58. The fourth-order valence-electron chi connectivity index (χ4n) is 2.36. The van der Waals surface area contributed by atoms with Crippen molar-refractivity contribution in [1.29, 1.82) is 0 Å². The number of nitrogen functional groups attached to an aromatic ring is 1. The van der Waals surface area contributed by atoms with Gasteiger partial charge in [-0.15, -0.1) is 0 Å². The molecule has 1 aliphatic carbocycles. The molecule has 2 unspecified atom stereocenters. The van der Waals surface area contributed by atoms with E-state index in [9.17, 15) is 8.42 Å². The van der Waals surface area contributed by atoms with E-state index in [-0.39, 0.29) is 17.3 Å². The van der Waals surface area contributed by atoms with Gasteiger partial charge < -0.3 is 10.2 Å². The zero-order chi connectivity index (χ0) is 15.2. The summed E-state index contributed by atoms with van der Waals surface area (Å²) in [5.74, 6) is 2.72. The summed E-state index contributed by atoms with van der Waals surface area (Å²) in [7, 11) is -2.19. The zero-order valence-corrected chi connectivity index (χ0v) is 12.7. The molecular weight excluding hydrogens is 292 g/mol. The number of hydrogen-bond acceptors (Lipinski definition) is 5. The Kier molecular flexibility index (Phi) is 3.29. The van der Waals surface area contributed by atoms with Crippen LogP contribution in [0, 0.1) is 5.92 Å². The lowest BCUT2D eigenvalue weighted by atomic mass is 10.3. The van der Waals surface area contributed by atoms with Crippen molar-refractivity contribution < 1.29 is 12.8 Å². The predicted octanol–water partition coefficient (Wildman–Crippen LogP) is 1.53. The van der Waals surface area contributed by atoms with Gasteiger partial charge in [-0.25, -0.2) is 8.42 Å². The van der Waals surface area contributed by atoms with Gasteiger partial charge in [-0.1, -0.05) is 6.92 Å². The molecule has 0 bridgehead atoms. The number of sulfonamides is 1. The first-order chi connectivity index (χ1) is 9.89. The molecule has 21 heavy (non-hydrogen) atoms. The fourth-order valence-corrected chi connectivity index (χ4v) is 3.50. The molecule has 0 amide bonds. The molecule has 1 saturated carbocycles. The van der Waals surface area contributed by atoms with Crippen LogP contribution in [0.3, 0.4) is 0 Å². The lowest BCUT2D eigenvalue weighted by Gasteiger charge is -2.14. The topological polar surface area (TPSA) is 105 Å². The van der Waals surface area contributed by atoms with E-state index in [0.29, 0.717) is 17.6 Å². The Morgan fingerprint density at radius 1 is 1.52 bits per heavy atom. The summed E-state index contributed by atoms with van der Waals surface area (Å²) in [4.78, 5) is -0.0207. The molecule has 0 aromatic carbocycles. The molecule has 7 nitrogen and oxygen atoms in total. The molecule has 1 aliphatic rings. The number of nitrogens with two attached hydrogens (primary N) is 1. The van der Waals surface area contributed by atoms with Gasteiger partial charge in [0.25, 0.3) is 0 Å². The van der Waals surface area contributed by atoms with Crippen LogP contribution in [0.4, 0.5) is 5.82 Å². The van der Waals surface area contributed by atoms with Crippen LogP contribution in [-0.4, -0.2) is 30.0 Å². The second kappa shape index (κ2) is 4.88. The molecular formula is C13H18N4O3S. The second-order valence-corrected chi connectivity index (χ2v) is 7.55. The summed E-state index contributed by atoms with van der Waals surface area (Å²) in [6.45, 7) is 2.33. The zero-order valence-electron chi connectivity index (χ0n) is 11.9. The quantitative estimate of drug-likeness (QED) is 0.871. The highest BCUT2D eigenvalue weighted by atomic mass is 32.2. The maximum Gasteiger partial charge on any atom is 0.248 e. The van der Waals surface area contributed by atoms with Gasteiger partial charge in [0.1, 0.15) is 22.2 Å². The molecule has 2 heterocycles. The van der Waals surface area contributed by atoms with Crippen LogP contribution in [0.15, 0.2) is 27.6 Å². The number of aromatic amines is 1. The van der Waals surface area contributed by atoms with Gasteiger partial charge in [0.15, 0.2) is 0 Å². The number of H-pyrrole nitrogens is 1. The maximum absolute atomic E-state index is 12.4. The van der Waals surface area contributed by atoms with Crippen LogP contribution in [0.2, 0.25) is 0 Å². The largest absolute Gasteiger partial charge is 0.464 e. The van der Waals surface area contributed by atoms with Gasteiger partial charge in [-0.3, -0.25) is 5.10 Å². The van der Waals surface area contributed by atoms with E-state index in [2.05, 4.69) is 17.1 Å². The van der Waals surface area contributed by atoms with E-state index in [1.54, 1.807) is 0 Å². The van der Waals surface area contributed by atoms with Gasteiger partial charge in [-0.2, -0.15) is 9.40 Å². The van der Waals surface area contributed by atoms with Crippen molar-refractivity contribution in [3.63, 3.8) is 0 Å². The minimum atomic E-state index is -3.68. The Labute approximate surface area is 123 Å². The second-order valence-electron chi connectivity index (χ2n) is 5.53. The van der Waals surface area contributed by atoms with Crippen LogP contribution in [0.5, 0.6) is 0 Å². The molecule has 3 rings (SSSR count).